The maximum Gasteiger partial charge on any atom is 0.157 e. The van der Waals surface area contributed by atoms with Crippen molar-refractivity contribution in [3.05, 3.63) is 12.2 Å². The van der Waals surface area contributed by atoms with Crippen LogP contribution in [0, 0.1) is 0 Å². The molecule has 0 unspecified atom stereocenters. The second-order valence-electron chi connectivity index (χ2n) is 3.18. The van der Waals surface area contributed by atoms with E-state index in [-0.39, 0.29) is 6.29 Å². The van der Waals surface area contributed by atoms with Gasteiger partial charge in [0.25, 0.3) is 0 Å². The smallest absolute Gasteiger partial charge is 0.157 e. The Morgan fingerprint density at radius 1 is 0.929 bits per heavy atom. The van der Waals surface area contributed by atoms with Crippen LogP contribution in [-0.4, -0.2) is 19.5 Å². The Morgan fingerprint density at radius 3 is 2.00 bits per heavy atom. The molecule has 0 radical (unpaired) electrons. The van der Waals surface area contributed by atoms with Gasteiger partial charge in [0.05, 0.1) is 0 Å². The van der Waals surface area contributed by atoms with Crippen molar-refractivity contribution in [2.24, 2.45) is 0 Å². The van der Waals surface area contributed by atoms with E-state index in [4.69, 9.17) is 9.47 Å². The molecule has 0 atom stereocenters. The second kappa shape index (κ2) is 10.7. The highest BCUT2D eigenvalue weighted by Gasteiger charge is 2.05. The molecular weight excluding hydrogens is 176 g/mol. The van der Waals surface area contributed by atoms with E-state index < -0.39 is 0 Å². The first kappa shape index (κ1) is 13.7. The van der Waals surface area contributed by atoms with Crippen molar-refractivity contribution in [2.75, 3.05) is 13.2 Å². The predicted octanol–water partition coefficient (Wildman–Crippen LogP) is 3.52. The van der Waals surface area contributed by atoms with Gasteiger partial charge in [0, 0.05) is 19.6 Å². The van der Waals surface area contributed by atoms with Crippen LogP contribution in [0.5, 0.6) is 0 Å². The molecule has 0 aliphatic heterocycles. The summed E-state index contributed by atoms with van der Waals surface area (Å²) in [7, 11) is 0. The van der Waals surface area contributed by atoms with Crippen LogP contribution in [0.3, 0.4) is 0 Å². The molecular formula is C12H24O2. The standard InChI is InChI=1S/C12H24O2/c1-4-7-8-9-10-11-12(13-5-2)14-6-3/h8-9,12H,4-7,10-11H2,1-3H3/b9-8+. The molecule has 0 rings (SSSR count). The lowest BCUT2D eigenvalue weighted by Crippen LogP contribution is -2.16. The van der Waals surface area contributed by atoms with E-state index in [1.807, 2.05) is 13.8 Å². The van der Waals surface area contributed by atoms with Crippen LogP contribution in [0.4, 0.5) is 0 Å². The third-order valence-electron chi connectivity index (χ3n) is 1.90. The highest BCUT2D eigenvalue weighted by Crippen LogP contribution is 2.05. The van der Waals surface area contributed by atoms with Crippen molar-refractivity contribution in [1.82, 2.24) is 0 Å². The first-order chi connectivity index (χ1) is 6.85. The van der Waals surface area contributed by atoms with Crippen molar-refractivity contribution in [2.45, 2.75) is 52.7 Å². The van der Waals surface area contributed by atoms with Crippen LogP contribution in [0.1, 0.15) is 46.5 Å². The third-order valence-corrected chi connectivity index (χ3v) is 1.90. The minimum atomic E-state index is -0.0173. The number of hydrogen-bond donors (Lipinski definition) is 0. The molecule has 0 aromatic rings. The van der Waals surface area contributed by atoms with Crippen molar-refractivity contribution in [1.29, 1.82) is 0 Å². The summed E-state index contributed by atoms with van der Waals surface area (Å²) in [5.41, 5.74) is 0. The highest BCUT2D eigenvalue weighted by molar-refractivity contribution is 4.81. The summed E-state index contributed by atoms with van der Waals surface area (Å²) in [4.78, 5) is 0. The number of unbranched alkanes of at least 4 members (excludes halogenated alkanes) is 1. The van der Waals surface area contributed by atoms with Crippen LogP contribution in [0.2, 0.25) is 0 Å². The zero-order chi connectivity index (χ0) is 10.6. The molecule has 0 fully saturated rings. The van der Waals surface area contributed by atoms with E-state index >= 15 is 0 Å². The summed E-state index contributed by atoms with van der Waals surface area (Å²) in [5, 5.41) is 0. The Bertz CT molecular complexity index is 126. The molecule has 0 heterocycles. The second-order valence-corrected chi connectivity index (χ2v) is 3.18. The molecule has 84 valence electrons. The lowest BCUT2D eigenvalue weighted by Gasteiger charge is -2.15. The Kier molecular flexibility index (Phi) is 10.5. The summed E-state index contributed by atoms with van der Waals surface area (Å²) in [5.74, 6) is 0. The quantitative estimate of drug-likeness (QED) is 0.419. The van der Waals surface area contributed by atoms with Gasteiger partial charge in [-0.3, -0.25) is 0 Å². The molecule has 0 spiro atoms. The van der Waals surface area contributed by atoms with Crippen LogP contribution in [-0.2, 0) is 9.47 Å². The number of ether oxygens (including phenoxy) is 2. The van der Waals surface area contributed by atoms with Crippen LogP contribution in [0.25, 0.3) is 0 Å². The maximum atomic E-state index is 5.43. The normalized spacial score (nSPS) is 11.7. The van der Waals surface area contributed by atoms with Gasteiger partial charge in [-0.2, -0.15) is 0 Å². The van der Waals surface area contributed by atoms with E-state index in [2.05, 4.69) is 19.1 Å². The largest absolute Gasteiger partial charge is 0.353 e. The Balaban J connectivity index is 3.48. The lowest BCUT2D eigenvalue weighted by atomic mass is 10.2. The van der Waals surface area contributed by atoms with Gasteiger partial charge in [0.15, 0.2) is 6.29 Å². The molecule has 0 aliphatic rings. The van der Waals surface area contributed by atoms with Crippen LogP contribution >= 0.6 is 0 Å². The average molecular weight is 200 g/mol. The SMILES string of the molecule is CCC/C=C/CCC(OCC)OCC. The first-order valence-corrected chi connectivity index (χ1v) is 5.73. The van der Waals surface area contributed by atoms with Gasteiger partial charge in [-0.1, -0.05) is 25.5 Å². The molecule has 2 nitrogen and oxygen atoms in total. The fourth-order valence-electron chi connectivity index (χ4n) is 1.22. The predicted molar refractivity (Wildman–Crippen MR) is 60.3 cm³/mol. The van der Waals surface area contributed by atoms with Crippen molar-refractivity contribution in [3.8, 4) is 0 Å². The average Bonchev–Trinajstić information content (AvgIpc) is 2.18. The van der Waals surface area contributed by atoms with Gasteiger partial charge in [-0.15, -0.1) is 0 Å². The molecule has 0 aromatic carbocycles. The van der Waals surface area contributed by atoms with Crippen molar-refractivity contribution in [3.63, 3.8) is 0 Å². The molecule has 0 saturated heterocycles. The third kappa shape index (κ3) is 8.27. The van der Waals surface area contributed by atoms with Gasteiger partial charge < -0.3 is 9.47 Å². The summed E-state index contributed by atoms with van der Waals surface area (Å²) in [6, 6.07) is 0. The topological polar surface area (TPSA) is 18.5 Å². The Labute approximate surface area is 88.3 Å². The molecule has 14 heavy (non-hydrogen) atoms. The van der Waals surface area contributed by atoms with Gasteiger partial charge in [0.2, 0.25) is 0 Å². The van der Waals surface area contributed by atoms with E-state index in [0.717, 1.165) is 26.1 Å². The van der Waals surface area contributed by atoms with Gasteiger partial charge in [-0.05, 0) is 26.7 Å². The molecule has 0 amide bonds. The molecule has 2 heteroatoms. The highest BCUT2D eigenvalue weighted by atomic mass is 16.7. The Hall–Kier alpha value is -0.340. The molecule has 0 aliphatic carbocycles. The first-order valence-electron chi connectivity index (χ1n) is 5.73. The maximum absolute atomic E-state index is 5.43. The van der Waals surface area contributed by atoms with E-state index in [1.54, 1.807) is 0 Å². The van der Waals surface area contributed by atoms with Gasteiger partial charge in [0.1, 0.15) is 0 Å². The zero-order valence-corrected chi connectivity index (χ0v) is 9.79. The minimum absolute atomic E-state index is 0.0173. The molecule has 0 aromatic heterocycles. The zero-order valence-electron chi connectivity index (χ0n) is 9.79. The molecule has 0 N–H and O–H groups in total. The number of rotatable bonds is 9. The Morgan fingerprint density at radius 2 is 1.50 bits per heavy atom. The fraction of sp³-hybridized carbons (Fsp3) is 0.833. The van der Waals surface area contributed by atoms with Crippen LogP contribution < -0.4 is 0 Å². The molecule has 0 bridgehead atoms. The summed E-state index contributed by atoms with van der Waals surface area (Å²) in [6.07, 6.45) is 8.83. The van der Waals surface area contributed by atoms with Gasteiger partial charge >= 0.3 is 0 Å². The molecule has 0 saturated carbocycles. The number of allylic oxidation sites excluding steroid dienone is 2. The van der Waals surface area contributed by atoms with Crippen LogP contribution in [0.15, 0.2) is 12.2 Å². The summed E-state index contributed by atoms with van der Waals surface area (Å²) in [6.45, 7) is 7.64. The number of hydrogen-bond acceptors (Lipinski definition) is 2. The van der Waals surface area contributed by atoms with Gasteiger partial charge in [-0.25, -0.2) is 0 Å². The van der Waals surface area contributed by atoms with E-state index in [9.17, 15) is 0 Å². The monoisotopic (exact) mass is 200 g/mol. The van der Waals surface area contributed by atoms with Crippen molar-refractivity contribution < 1.29 is 9.47 Å². The lowest BCUT2D eigenvalue weighted by molar-refractivity contribution is -0.138. The summed E-state index contributed by atoms with van der Waals surface area (Å²) >= 11 is 0. The minimum Gasteiger partial charge on any atom is -0.353 e. The van der Waals surface area contributed by atoms with E-state index in [0.29, 0.717) is 0 Å². The van der Waals surface area contributed by atoms with Crippen molar-refractivity contribution >= 4 is 0 Å². The van der Waals surface area contributed by atoms with E-state index in [1.165, 1.54) is 12.8 Å². The fourth-order valence-corrected chi connectivity index (χ4v) is 1.22. The summed E-state index contributed by atoms with van der Waals surface area (Å²) < 4.78 is 10.9.